The number of nitrogens with two attached hydrogens (primary N) is 1. The van der Waals surface area contributed by atoms with E-state index >= 15 is 0 Å². The van der Waals surface area contributed by atoms with Crippen molar-refractivity contribution in [2.45, 2.75) is 33.2 Å². The highest BCUT2D eigenvalue weighted by molar-refractivity contribution is 5.98. The van der Waals surface area contributed by atoms with E-state index in [1.54, 1.807) is 6.92 Å². The number of aromatic amines is 1. The molecule has 4 nitrogen and oxygen atoms in total. The summed E-state index contributed by atoms with van der Waals surface area (Å²) >= 11 is 0. The smallest absolute Gasteiger partial charge is 0.355 e. The molecule has 0 aliphatic carbocycles. The van der Waals surface area contributed by atoms with E-state index in [0.29, 0.717) is 24.8 Å². The number of benzene rings is 1. The lowest BCUT2D eigenvalue weighted by Gasteiger charge is -2.05. The molecule has 0 saturated carbocycles. The van der Waals surface area contributed by atoms with Crippen LogP contribution in [0.1, 0.15) is 48.3 Å². The second-order valence-electron chi connectivity index (χ2n) is 4.86. The van der Waals surface area contributed by atoms with Crippen molar-refractivity contribution in [2.75, 3.05) is 6.61 Å². The third-order valence-electron chi connectivity index (χ3n) is 3.28. The van der Waals surface area contributed by atoms with E-state index < -0.39 is 0 Å². The first-order chi connectivity index (χ1) is 9.08. The number of nitrogens with one attached hydrogen (secondary N) is 1. The normalized spacial score (nSPS) is 11.2. The molecule has 0 atom stereocenters. The van der Waals surface area contributed by atoms with Gasteiger partial charge in [0.15, 0.2) is 0 Å². The zero-order chi connectivity index (χ0) is 14.0. The van der Waals surface area contributed by atoms with Gasteiger partial charge < -0.3 is 15.5 Å². The molecule has 0 radical (unpaired) electrons. The summed E-state index contributed by atoms with van der Waals surface area (Å²) in [5.41, 5.74) is 9.25. The second-order valence-corrected chi connectivity index (χ2v) is 4.86. The average Bonchev–Trinajstić information content (AvgIpc) is 2.76. The first kappa shape index (κ1) is 13.6. The average molecular weight is 260 g/mol. The Morgan fingerprint density at radius 3 is 2.74 bits per heavy atom. The van der Waals surface area contributed by atoms with Gasteiger partial charge in [0.25, 0.3) is 0 Å². The highest BCUT2D eigenvalue weighted by atomic mass is 16.5. The van der Waals surface area contributed by atoms with E-state index in [4.69, 9.17) is 10.5 Å². The Morgan fingerprint density at radius 1 is 1.42 bits per heavy atom. The minimum absolute atomic E-state index is 0.315. The van der Waals surface area contributed by atoms with Crippen molar-refractivity contribution in [2.24, 2.45) is 5.73 Å². The zero-order valence-electron chi connectivity index (χ0n) is 11.6. The molecule has 0 fully saturated rings. The number of ether oxygens (including phenoxy) is 1. The summed E-state index contributed by atoms with van der Waals surface area (Å²) in [7, 11) is 0. The molecule has 19 heavy (non-hydrogen) atoms. The predicted molar refractivity (Wildman–Crippen MR) is 76.2 cm³/mol. The first-order valence-electron chi connectivity index (χ1n) is 6.60. The van der Waals surface area contributed by atoms with Crippen LogP contribution in [0, 0.1) is 0 Å². The topological polar surface area (TPSA) is 68.1 Å². The summed E-state index contributed by atoms with van der Waals surface area (Å²) in [5.74, 6) is 0.0983. The van der Waals surface area contributed by atoms with Gasteiger partial charge in [0, 0.05) is 23.0 Å². The maximum atomic E-state index is 11.9. The van der Waals surface area contributed by atoms with Crippen LogP contribution in [0.2, 0.25) is 0 Å². The van der Waals surface area contributed by atoms with E-state index in [1.807, 2.05) is 6.07 Å². The Kier molecular flexibility index (Phi) is 3.90. The van der Waals surface area contributed by atoms with E-state index in [0.717, 1.165) is 16.5 Å². The van der Waals surface area contributed by atoms with Gasteiger partial charge in [-0.2, -0.15) is 0 Å². The summed E-state index contributed by atoms with van der Waals surface area (Å²) in [5, 5.41) is 1.01. The van der Waals surface area contributed by atoms with Gasteiger partial charge >= 0.3 is 5.97 Å². The van der Waals surface area contributed by atoms with Crippen LogP contribution < -0.4 is 5.73 Å². The van der Waals surface area contributed by atoms with E-state index in [2.05, 4.69) is 31.0 Å². The van der Waals surface area contributed by atoms with Crippen LogP contribution in [0.5, 0.6) is 0 Å². The van der Waals surface area contributed by atoms with Crippen molar-refractivity contribution in [3.05, 3.63) is 35.0 Å². The van der Waals surface area contributed by atoms with Gasteiger partial charge in [-0.3, -0.25) is 0 Å². The lowest BCUT2D eigenvalue weighted by molar-refractivity contribution is 0.0519. The van der Waals surface area contributed by atoms with Crippen molar-refractivity contribution in [3.8, 4) is 0 Å². The summed E-state index contributed by atoms with van der Waals surface area (Å²) in [4.78, 5) is 15.0. The van der Waals surface area contributed by atoms with Crippen molar-refractivity contribution in [1.29, 1.82) is 0 Å². The standard InChI is InChI=1S/C15H20N2O2/c1-4-19-15(18)14-12(8-16)11-7-10(9(2)3)5-6-13(11)17-14/h5-7,9,17H,4,8,16H2,1-3H3. The first-order valence-corrected chi connectivity index (χ1v) is 6.60. The molecular weight excluding hydrogens is 240 g/mol. The van der Waals surface area contributed by atoms with Crippen LogP contribution in [0.3, 0.4) is 0 Å². The lowest BCUT2D eigenvalue weighted by Crippen LogP contribution is -2.10. The maximum absolute atomic E-state index is 11.9. The second kappa shape index (κ2) is 5.45. The molecule has 0 unspecified atom stereocenters. The number of hydrogen-bond donors (Lipinski definition) is 2. The third-order valence-corrected chi connectivity index (χ3v) is 3.28. The Morgan fingerprint density at radius 2 is 2.16 bits per heavy atom. The van der Waals surface area contributed by atoms with Crippen molar-refractivity contribution < 1.29 is 9.53 Å². The van der Waals surface area contributed by atoms with Crippen LogP contribution in [0.4, 0.5) is 0 Å². The van der Waals surface area contributed by atoms with E-state index in [-0.39, 0.29) is 5.97 Å². The van der Waals surface area contributed by atoms with Crippen LogP contribution >= 0.6 is 0 Å². The minimum atomic E-state index is -0.342. The number of carbonyl (C=O) groups excluding carboxylic acids is 1. The SMILES string of the molecule is CCOC(=O)c1[nH]c2ccc(C(C)C)cc2c1CN. The molecule has 1 aromatic carbocycles. The molecule has 0 aliphatic heterocycles. The number of H-pyrrole nitrogens is 1. The fraction of sp³-hybridized carbons (Fsp3) is 0.400. The summed E-state index contributed by atoms with van der Waals surface area (Å²) < 4.78 is 5.05. The number of fused-ring (bicyclic) bond motifs is 1. The van der Waals surface area contributed by atoms with Gasteiger partial charge in [-0.1, -0.05) is 19.9 Å². The summed E-state index contributed by atoms with van der Waals surface area (Å²) in [6.45, 7) is 6.75. The lowest BCUT2D eigenvalue weighted by atomic mass is 10.00. The van der Waals surface area contributed by atoms with Gasteiger partial charge in [0.2, 0.25) is 0 Å². The molecular formula is C15H20N2O2. The Balaban J connectivity index is 2.58. The Labute approximate surface area is 112 Å². The highest BCUT2D eigenvalue weighted by Gasteiger charge is 2.18. The van der Waals surface area contributed by atoms with Crippen LogP contribution in [0.25, 0.3) is 10.9 Å². The number of aromatic nitrogens is 1. The number of carbonyl (C=O) groups is 1. The van der Waals surface area contributed by atoms with Crippen molar-refractivity contribution in [1.82, 2.24) is 4.98 Å². The van der Waals surface area contributed by atoms with Gasteiger partial charge in [-0.05, 0) is 30.5 Å². The van der Waals surface area contributed by atoms with Crippen LogP contribution in [-0.4, -0.2) is 17.6 Å². The van der Waals surface area contributed by atoms with Crippen molar-refractivity contribution in [3.63, 3.8) is 0 Å². The number of esters is 1. The largest absolute Gasteiger partial charge is 0.461 e. The molecule has 1 heterocycles. The minimum Gasteiger partial charge on any atom is -0.461 e. The summed E-state index contributed by atoms with van der Waals surface area (Å²) in [6, 6.07) is 6.16. The molecule has 2 rings (SSSR count). The molecule has 0 spiro atoms. The fourth-order valence-corrected chi connectivity index (χ4v) is 2.21. The van der Waals surface area contributed by atoms with Gasteiger partial charge in [0.1, 0.15) is 5.69 Å². The molecule has 2 aromatic rings. The maximum Gasteiger partial charge on any atom is 0.355 e. The zero-order valence-corrected chi connectivity index (χ0v) is 11.6. The Bertz CT molecular complexity index is 599. The Hall–Kier alpha value is -1.81. The predicted octanol–water partition coefficient (Wildman–Crippen LogP) is 2.93. The molecule has 0 aliphatic rings. The van der Waals surface area contributed by atoms with Gasteiger partial charge in [-0.25, -0.2) is 4.79 Å². The van der Waals surface area contributed by atoms with E-state index in [9.17, 15) is 4.79 Å². The quantitative estimate of drug-likeness (QED) is 0.830. The van der Waals surface area contributed by atoms with Gasteiger partial charge in [-0.15, -0.1) is 0 Å². The molecule has 4 heteroatoms. The van der Waals surface area contributed by atoms with Crippen LogP contribution in [0.15, 0.2) is 18.2 Å². The fourth-order valence-electron chi connectivity index (χ4n) is 2.21. The monoisotopic (exact) mass is 260 g/mol. The molecule has 0 bridgehead atoms. The van der Waals surface area contributed by atoms with Gasteiger partial charge in [0.05, 0.1) is 6.61 Å². The molecule has 3 N–H and O–H groups in total. The van der Waals surface area contributed by atoms with Crippen molar-refractivity contribution >= 4 is 16.9 Å². The molecule has 0 saturated heterocycles. The third kappa shape index (κ3) is 2.49. The summed E-state index contributed by atoms with van der Waals surface area (Å²) in [6.07, 6.45) is 0. The van der Waals surface area contributed by atoms with Crippen LogP contribution in [-0.2, 0) is 11.3 Å². The molecule has 102 valence electrons. The molecule has 1 aromatic heterocycles. The van der Waals surface area contributed by atoms with E-state index in [1.165, 1.54) is 5.56 Å². The number of hydrogen-bond acceptors (Lipinski definition) is 3. The number of rotatable bonds is 4. The molecule has 0 amide bonds. The highest BCUT2D eigenvalue weighted by Crippen LogP contribution is 2.26.